The van der Waals surface area contributed by atoms with Crippen molar-refractivity contribution in [3.8, 4) is 5.75 Å². The van der Waals surface area contributed by atoms with Gasteiger partial charge in [0.1, 0.15) is 11.6 Å². The zero-order valence-electron chi connectivity index (χ0n) is 12.0. The molecule has 1 aromatic carbocycles. The van der Waals surface area contributed by atoms with Gasteiger partial charge >= 0.3 is 0 Å². The Morgan fingerprint density at radius 2 is 1.85 bits per heavy atom. The fraction of sp³-hybridized carbons (Fsp3) is 0.312. The van der Waals surface area contributed by atoms with Crippen LogP contribution in [0.15, 0.2) is 47.1 Å². The molecule has 0 amide bonds. The molecule has 1 aromatic heterocycles. The molecule has 4 heteroatoms. The van der Waals surface area contributed by atoms with Gasteiger partial charge in [0.15, 0.2) is 0 Å². The minimum atomic E-state index is 0.204. The zero-order chi connectivity index (χ0) is 14.5. The molecule has 20 heavy (non-hydrogen) atoms. The van der Waals surface area contributed by atoms with E-state index in [9.17, 15) is 0 Å². The molecule has 0 bridgehead atoms. The number of rotatable bonds is 5. The van der Waals surface area contributed by atoms with E-state index in [1.165, 1.54) is 5.56 Å². The van der Waals surface area contributed by atoms with Crippen molar-refractivity contribution >= 4 is 21.7 Å². The molecule has 0 spiro atoms. The molecule has 0 radical (unpaired) electrons. The molecule has 0 atom stereocenters. The van der Waals surface area contributed by atoms with E-state index < -0.39 is 0 Å². The van der Waals surface area contributed by atoms with Crippen LogP contribution in [-0.2, 0) is 6.54 Å². The van der Waals surface area contributed by atoms with Crippen LogP contribution < -0.4 is 9.64 Å². The molecular weight excluding hydrogens is 316 g/mol. The van der Waals surface area contributed by atoms with Crippen molar-refractivity contribution < 1.29 is 4.74 Å². The lowest BCUT2D eigenvalue weighted by Gasteiger charge is -2.18. The molecule has 2 rings (SSSR count). The van der Waals surface area contributed by atoms with Crippen LogP contribution in [0, 0.1) is 0 Å². The van der Waals surface area contributed by atoms with Crippen LogP contribution in [0.5, 0.6) is 5.75 Å². The average molecular weight is 335 g/mol. The van der Waals surface area contributed by atoms with Gasteiger partial charge in [0, 0.05) is 24.3 Å². The van der Waals surface area contributed by atoms with Gasteiger partial charge in [-0.05, 0) is 59.6 Å². The maximum Gasteiger partial charge on any atom is 0.128 e. The standard InChI is InChI=1S/C16H19BrN2O/c1-12(2)20-15-7-4-13(5-8-15)11-19(3)16-9-6-14(17)10-18-16/h4-10,12H,11H2,1-3H3. The molecule has 3 nitrogen and oxygen atoms in total. The van der Waals surface area contributed by atoms with E-state index in [1.54, 1.807) is 0 Å². The van der Waals surface area contributed by atoms with Gasteiger partial charge in [-0.3, -0.25) is 0 Å². The number of anilines is 1. The number of ether oxygens (including phenoxy) is 1. The van der Waals surface area contributed by atoms with Crippen LogP contribution in [0.1, 0.15) is 19.4 Å². The van der Waals surface area contributed by atoms with Crippen LogP contribution >= 0.6 is 15.9 Å². The van der Waals surface area contributed by atoms with Crippen molar-refractivity contribution in [1.82, 2.24) is 4.98 Å². The Morgan fingerprint density at radius 3 is 2.40 bits per heavy atom. The molecular formula is C16H19BrN2O. The number of benzene rings is 1. The summed E-state index contributed by atoms with van der Waals surface area (Å²) in [6.07, 6.45) is 2.02. The van der Waals surface area contributed by atoms with Crippen LogP contribution in [0.3, 0.4) is 0 Å². The van der Waals surface area contributed by atoms with Crippen LogP contribution in [0.25, 0.3) is 0 Å². The van der Waals surface area contributed by atoms with Gasteiger partial charge in [-0.15, -0.1) is 0 Å². The normalized spacial score (nSPS) is 10.7. The Labute approximate surface area is 128 Å². The lowest BCUT2D eigenvalue weighted by Crippen LogP contribution is -2.17. The SMILES string of the molecule is CC(C)Oc1ccc(CN(C)c2ccc(Br)cn2)cc1. The smallest absolute Gasteiger partial charge is 0.128 e. The van der Waals surface area contributed by atoms with Gasteiger partial charge in [-0.2, -0.15) is 0 Å². The maximum atomic E-state index is 5.64. The molecule has 0 saturated heterocycles. The Bertz CT molecular complexity index is 537. The van der Waals surface area contributed by atoms with E-state index in [-0.39, 0.29) is 6.10 Å². The fourth-order valence-electron chi connectivity index (χ4n) is 1.89. The number of aromatic nitrogens is 1. The summed E-state index contributed by atoms with van der Waals surface area (Å²) in [5.41, 5.74) is 1.23. The van der Waals surface area contributed by atoms with Crippen molar-refractivity contribution in [3.63, 3.8) is 0 Å². The van der Waals surface area contributed by atoms with Crippen molar-refractivity contribution in [3.05, 3.63) is 52.6 Å². The van der Waals surface area contributed by atoms with Gasteiger partial charge in [-0.1, -0.05) is 12.1 Å². The summed E-state index contributed by atoms with van der Waals surface area (Å²) in [6, 6.07) is 12.2. The number of pyridine rings is 1. The summed E-state index contributed by atoms with van der Waals surface area (Å²) in [4.78, 5) is 6.50. The van der Waals surface area contributed by atoms with Crippen LogP contribution in [-0.4, -0.2) is 18.1 Å². The highest BCUT2D eigenvalue weighted by Gasteiger charge is 2.04. The van der Waals surface area contributed by atoms with Gasteiger partial charge in [0.25, 0.3) is 0 Å². The molecule has 0 aliphatic heterocycles. The van der Waals surface area contributed by atoms with Gasteiger partial charge < -0.3 is 9.64 Å². The Kier molecular flexibility index (Phi) is 5.01. The lowest BCUT2D eigenvalue weighted by molar-refractivity contribution is 0.242. The van der Waals surface area contributed by atoms with E-state index in [0.29, 0.717) is 0 Å². The molecule has 106 valence electrons. The summed E-state index contributed by atoms with van der Waals surface area (Å²) < 4.78 is 6.63. The predicted octanol–water partition coefficient (Wildman–Crippen LogP) is 4.27. The fourth-order valence-corrected chi connectivity index (χ4v) is 2.13. The molecule has 1 heterocycles. The summed E-state index contributed by atoms with van der Waals surface area (Å²) in [7, 11) is 2.04. The van der Waals surface area contributed by atoms with Crippen molar-refractivity contribution in [2.24, 2.45) is 0 Å². The summed E-state index contributed by atoms with van der Waals surface area (Å²) >= 11 is 3.39. The average Bonchev–Trinajstić information content (AvgIpc) is 2.41. The summed E-state index contributed by atoms with van der Waals surface area (Å²) in [6.45, 7) is 4.87. The van der Waals surface area contributed by atoms with E-state index in [2.05, 4.69) is 37.9 Å². The molecule has 0 fully saturated rings. The van der Waals surface area contributed by atoms with Crippen LogP contribution in [0.2, 0.25) is 0 Å². The molecule has 0 unspecified atom stereocenters. The topological polar surface area (TPSA) is 25.4 Å². The van der Waals surface area contributed by atoms with Crippen molar-refractivity contribution in [1.29, 1.82) is 0 Å². The van der Waals surface area contributed by atoms with Crippen molar-refractivity contribution in [2.45, 2.75) is 26.5 Å². The number of hydrogen-bond donors (Lipinski definition) is 0. The first kappa shape index (κ1) is 14.9. The highest BCUT2D eigenvalue weighted by molar-refractivity contribution is 9.10. The van der Waals surface area contributed by atoms with Crippen LogP contribution in [0.4, 0.5) is 5.82 Å². The minimum absolute atomic E-state index is 0.204. The summed E-state index contributed by atoms with van der Waals surface area (Å²) in [5, 5.41) is 0. The van der Waals surface area contributed by atoms with Crippen molar-refractivity contribution in [2.75, 3.05) is 11.9 Å². The second kappa shape index (κ2) is 6.75. The zero-order valence-corrected chi connectivity index (χ0v) is 13.6. The Morgan fingerprint density at radius 1 is 1.15 bits per heavy atom. The first-order valence-electron chi connectivity index (χ1n) is 6.63. The quantitative estimate of drug-likeness (QED) is 0.816. The predicted molar refractivity (Wildman–Crippen MR) is 86.3 cm³/mol. The highest BCUT2D eigenvalue weighted by Crippen LogP contribution is 2.18. The Balaban J connectivity index is 2.00. The first-order valence-corrected chi connectivity index (χ1v) is 7.42. The molecule has 0 aliphatic rings. The van der Waals surface area contributed by atoms with Gasteiger partial charge in [0.2, 0.25) is 0 Å². The first-order chi connectivity index (χ1) is 9.54. The summed E-state index contributed by atoms with van der Waals surface area (Å²) in [5.74, 6) is 1.86. The van der Waals surface area contributed by atoms with E-state index in [1.807, 2.05) is 51.4 Å². The van der Waals surface area contributed by atoms with E-state index in [0.717, 1.165) is 22.6 Å². The third-order valence-corrected chi connectivity index (χ3v) is 3.29. The largest absolute Gasteiger partial charge is 0.491 e. The molecule has 2 aromatic rings. The van der Waals surface area contributed by atoms with E-state index >= 15 is 0 Å². The lowest BCUT2D eigenvalue weighted by atomic mass is 10.2. The second-order valence-corrected chi connectivity index (χ2v) is 5.92. The maximum absolute atomic E-state index is 5.64. The molecule has 0 saturated carbocycles. The monoisotopic (exact) mass is 334 g/mol. The number of halogens is 1. The Hall–Kier alpha value is -1.55. The molecule has 0 N–H and O–H groups in total. The van der Waals surface area contributed by atoms with Gasteiger partial charge in [0.05, 0.1) is 6.10 Å². The highest BCUT2D eigenvalue weighted by atomic mass is 79.9. The minimum Gasteiger partial charge on any atom is -0.491 e. The van der Waals surface area contributed by atoms with E-state index in [4.69, 9.17) is 4.74 Å². The van der Waals surface area contributed by atoms with Gasteiger partial charge in [-0.25, -0.2) is 4.98 Å². The number of nitrogens with zero attached hydrogens (tertiary/aromatic N) is 2. The third-order valence-electron chi connectivity index (χ3n) is 2.82. The molecule has 0 aliphatic carbocycles. The number of hydrogen-bond acceptors (Lipinski definition) is 3. The third kappa shape index (κ3) is 4.23. The second-order valence-electron chi connectivity index (χ2n) is 5.00.